The van der Waals surface area contributed by atoms with Gasteiger partial charge in [0.15, 0.2) is 5.43 Å². The van der Waals surface area contributed by atoms with E-state index in [9.17, 15) is 4.79 Å². The van der Waals surface area contributed by atoms with Crippen molar-refractivity contribution in [3.8, 4) is 0 Å². The van der Waals surface area contributed by atoms with Crippen LogP contribution in [0.5, 0.6) is 0 Å². The molecule has 2 aliphatic heterocycles. The molecule has 2 aromatic rings. The second-order valence-corrected chi connectivity index (χ2v) is 7.69. The summed E-state index contributed by atoms with van der Waals surface area (Å²) in [5, 5.41) is 0.709. The van der Waals surface area contributed by atoms with E-state index in [4.69, 9.17) is 4.42 Å². The molecule has 2 fully saturated rings. The molecular weight excluding hydrogens is 312 g/mol. The minimum Gasteiger partial charge on any atom is -0.464 e. The number of aryl methyl sites for hydroxylation is 1. The highest BCUT2D eigenvalue weighted by molar-refractivity contribution is 5.77. The van der Waals surface area contributed by atoms with Gasteiger partial charge < -0.3 is 9.32 Å². The maximum atomic E-state index is 12.8. The van der Waals surface area contributed by atoms with E-state index in [-0.39, 0.29) is 5.43 Å². The molecule has 0 radical (unpaired) electrons. The summed E-state index contributed by atoms with van der Waals surface area (Å²) in [7, 11) is 0. The maximum Gasteiger partial charge on any atom is 0.197 e. The van der Waals surface area contributed by atoms with E-state index in [0.29, 0.717) is 17.5 Å². The topological polar surface area (TPSA) is 36.7 Å². The van der Waals surface area contributed by atoms with Gasteiger partial charge in [-0.15, -0.1) is 0 Å². The Labute approximate surface area is 149 Å². The molecule has 0 spiro atoms. The van der Waals surface area contributed by atoms with E-state index in [1.54, 1.807) is 6.26 Å². The number of hydrogen-bond acceptors (Lipinski definition) is 4. The summed E-state index contributed by atoms with van der Waals surface area (Å²) < 4.78 is 5.70. The van der Waals surface area contributed by atoms with Crippen LogP contribution in [0.15, 0.2) is 33.7 Å². The lowest BCUT2D eigenvalue weighted by atomic mass is 9.99. The summed E-state index contributed by atoms with van der Waals surface area (Å²) in [4.78, 5) is 17.9. The first-order valence-corrected chi connectivity index (χ1v) is 9.68. The van der Waals surface area contributed by atoms with E-state index in [1.807, 2.05) is 25.1 Å². The number of likely N-dealkylation sites (tertiary alicyclic amines) is 2. The first-order valence-electron chi connectivity index (χ1n) is 9.68. The highest BCUT2D eigenvalue weighted by Gasteiger charge is 2.26. The van der Waals surface area contributed by atoms with Crippen molar-refractivity contribution in [1.82, 2.24) is 9.80 Å². The molecule has 0 N–H and O–H groups in total. The molecule has 134 valence electrons. The lowest BCUT2D eigenvalue weighted by Crippen LogP contribution is -2.46. The predicted octanol–water partition coefficient (Wildman–Crippen LogP) is 3.55. The standard InChI is InChI=1S/C21H28N2O2/c1-16-5-6-20-19(13-16)21(24)17(15-25-20)14-22-11-7-18(8-12-22)23-9-3-2-4-10-23/h5-6,13,15,18H,2-4,7-12,14H2,1H3. The fraction of sp³-hybridized carbons (Fsp3) is 0.571. The molecule has 0 atom stereocenters. The lowest BCUT2D eigenvalue weighted by Gasteiger charge is -2.40. The van der Waals surface area contributed by atoms with Gasteiger partial charge in [0, 0.05) is 18.2 Å². The van der Waals surface area contributed by atoms with Crippen molar-refractivity contribution < 1.29 is 4.42 Å². The Morgan fingerprint density at radius 1 is 1.08 bits per heavy atom. The molecule has 0 unspecified atom stereocenters. The molecule has 1 aromatic carbocycles. The summed E-state index contributed by atoms with van der Waals surface area (Å²) >= 11 is 0. The Bertz CT molecular complexity index is 784. The van der Waals surface area contributed by atoms with Crippen LogP contribution in [0.4, 0.5) is 0 Å². The SMILES string of the molecule is Cc1ccc2occ(CN3CCC(N4CCCCC4)CC3)c(=O)c2c1. The van der Waals surface area contributed by atoms with Crippen LogP contribution in [0.3, 0.4) is 0 Å². The largest absolute Gasteiger partial charge is 0.464 e. The average Bonchev–Trinajstić information content (AvgIpc) is 2.66. The van der Waals surface area contributed by atoms with E-state index in [1.165, 1.54) is 45.2 Å². The summed E-state index contributed by atoms with van der Waals surface area (Å²) in [5.41, 5.74) is 2.69. The summed E-state index contributed by atoms with van der Waals surface area (Å²) in [6.45, 7) is 7.42. The van der Waals surface area contributed by atoms with E-state index < -0.39 is 0 Å². The van der Waals surface area contributed by atoms with Crippen LogP contribution in [0.25, 0.3) is 11.0 Å². The monoisotopic (exact) mass is 340 g/mol. The molecule has 0 amide bonds. The van der Waals surface area contributed by atoms with E-state index >= 15 is 0 Å². The predicted molar refractivity (Wildman–Crippen MR) is 101 cm³/mol. The zero-order chi connectivity index (χ0) is 17.2. The van der Waals surface area contributed by atoms with Gasteiger partial charge >= 0.3 is 0 Å². The normalized spacial score (nSPS) is 21.0. The minimum atomic E-state index is 0.128. The third kappa shape index (κ3) is 3.65. The van der Waals surface area contributed by atoms with Crippen LogP contribution in [-0.2, 0) is 6.54 Å². The lowest BCUT2D eigenvalue weighted by molar-refractivity contribution is 0.0893. The highest BCUT2D eigenvalue weighted by atomic mass is 16.3. The van der Waals surface area contributed by atoms with Crippen molar-refractivity contribution in [2.45, 2.75) is 51.6 Å². The van der Waals surface area contributed by atoms with Gasteiger partial charge in [0.05, 0.1) is 11.6 Å². The number of fused-ring (bicyclic) bond motifs is 1. The first-order chi connectivity index (χ1) is 12.2. The molecule has 2 aliphatic rings. The van der Waals surface area contributed by atoms with Gasteiger partial charge in [-0.25, -0.2) is 0 Å². The number of nitrogens with zero attached hydrogens (tertiary/aromatic N) is 2. The number of hydrogen-bond donors (Lipinski definition) is 0. The highest BCUT2D eigenvalue weighted by Crippen LogP contribution is 2.22. The quantitative estimate of drug-likeness (QED) is 0.856. The Morgan fingerprint density at radius 3 is 2.60 bits per heavy atom. The Hall–Kier alpha value is -1.65. The summed E-state index contributed by atoms with van der Waals surface area (Å²) in [6.07, 6.45) is 8.22. The maximum absolute atomic E-state index is 12.8. The molecule has 25 heavy (non-hydrogen) atoms. The van der Waals surface area contributed by atoms with Crippen LogP contribution in [-0.4, -0.2) is 42.0 Å². The van der Waals surface area contributed by atoms with Crippen molar-refractivity contribution in [1.29, 1.82) is 0 Å². The Morgan fingerprint density at radius 2 is 1.84 bits per heavy atom. The second kappa shape index (κ2) is 7.30. The average molecular weight is 340 g/mol. The third-order valence-corrected chi connectivity index (χ3v) is 5.86. The molecule has 0 saturated carbocycles. The molecule has 4 heteroatoms. The number of rotatable bonds is 3. The van der Waals surface area contributed by atoms with Crippen molar-refractivity contribution >= 4 is 11.0 Å². The van der Waals surface area contributed by atoms with Gasteiger partial charge in [0.1, 0.15) is 5.58 Å². The third-order valence-electron chi connectivity index (χ3n) is 5.86. The van der Waals surface area contributed by atoms with Crippen LogP contribution < -0.4 is 5.43 Å². The van der Waals surface area contributed by atoms with Crippen LogP contribution >= 0.6 is 0 Å². The molecular formula is C21H28N2O2. The summed E-state index contributed by atoms with van der Waals surface area (Å²) in [5.74, 6) is 0. The van der Waals surface area contributed by atoms with Crippen molar-refractivity contribution in [3.63, 3.8) is 0 Å². The molecule has 2 saturated heterocycles. The zero-order valence-electron chi connectivity index (χ0n) is 15.2. The zero-order valence-corrected chi connectivity index (χ0v) is 15.2. The Kier molecular flexibility index (Phi) is 4.91. The molecule has 4 nitrogen and oxygen atoms in total. The second-order valence-electron chi connectivity index (χ2n) is 7.69. The van der Waals surface area contributed by atoms with Gasteiger partial charge in [-0.2, -0.15) is 0 Å². The molecule has 3 heterocycles. The van der Waals surface area contributed by atoms with Gasteiger partial charge in [0.25, 0.3) is 0 Å². The van der Waals surface area contributed by atoms with Gasteiger partial charge in [-0.3, -0.25) is 9.69 Å². The number of piperidine rings is 2. The molecule has 0 aliphatic carbocycles. The fourth-order valence-corrected chi connectivity index (χ4v) is 4.36. The smallest absolute Gasteiger partial charge is 0.197 e. The van der Waals surface area contributed by atoms with Crippen molar-refractivity contribution in [3.05, 3.63) is 45.8 Å². The molecule has 1 aromatic heterocycles. The van der Waals surface area contributed by atoms with Gasteiger partial charge in [-0.1, -0.05) is 18.1 Å². The van der Waals surface area contributed by atoms with Crippen molar-refractivity contribution in [2.24, 2.45) is 0 Å². The Balaban J connectivity index is 1.42. The number of benzene rings is 1. The van der Waals surface area contributed by atoms with Crippen LogP contribution in [0.2, 0.25) is 0 Å². The van der Waals surface area contributed by atoms with E-state index in [0.717, 1.165) is 30.3 Å². The fourth-order valence-electron chi connectivity index (χ4n) is 4.36. The molecule has 0 bridgehead atoms. The minimum absolute atomic E-state index is 0.128. The van der Waals surface area contributed by atoms with Crippen molar-refractivity contribution in [2.75, 3.05) is 26.2 Å². The van der Waals surface area contributed by atoms with Gasteiger partial charge in [-0.05, 0) is 70.9 Å². The first kappa shape index (κ1) is 16.8. The molecule has 4 rings (SSSR count). The summed E-state index contributed by atoms with van der Waals surface area (Å²) in [6, 6.07) is 6.55. The van der Waals surface area contributed by atoms with E-state index in [2.05, 4.69) is 9.80 Å². The van der Waals surface area contributed by atoms with Crippen LogP contribution in [0, 0.1) is 6.92 Å². The van der Waals surface area contributed by atoms with Crippen LogP contribution in [0.1, 0.15) is 43.2 Å². The van der Waals surface area contributed by atoms with Gasteiger partial charge in [0.2, 0.25) is 0 Å².